The molecule has 0 radical (unpaired) electrons. The first-order chi connectivity index (χ1) is 11.0. The summed E-state index contributed by atoms with van der Waals surface area (Å²) >= 11 is 6.46. The van der Waals surface area contributed by atoms with Crippen LogP contribution in [0.25, 0.3) is 0 Å². The van der Waals surface area contributed by atoms with Crippen molar-refractivity contribution in [2.45, 2.75) is 44.2 Å². The minimum atomic E-state index is -0.548. The number of amides is 1. The lowest BCUT2D eigenvalue weighted by Gasteiger charge is -2.44. The van der Waals surface area contributed by atoms with Crippen molar-refractivity contribution >= 4 is 17.5 Å². The van der Waals surface area contributed by atoms with Gasteiger partial charge in [0.05, 0.1) is 5.41 Å². The number of carbonyl (C=O) groups excluding carboxylic acids is 1. The van der Waals surface area contributed by atoms with Crippen LogP contribution in [0.15, 0.2) is 24.3 Å². The fourth-order valence-corrected chi connectivity index (χ4v) is 4.28. The van der Waals surface area contributed by atoms with Gasteiger partial charge in [-0.05, 0) is 38.3 Å². The van der Waals surface area contributed by atoms with Crippen molar-refractivity contribution in [1.82, 2.24) is 10.2 Å². The van der Waals surface area contributed by atoms with E-state index in [1.807, 2.05) is 29.2 Å². The molecule has 2 unspecified atom stereocenters. The first-order valence-electron chi connectivity index (χ1n) is 8.41. The Balaban J connectivity index is 1.96. The lowest BCUT2D eigenvalue weighted by Crippen LogP contribution is -2.60. The van der Waals surface area contributed by atoms with Crippen molar-refractivity contribution in [2.75, 3.05) is 26.3 Å². The average Bonchev–Trinajstić information content (AvgIpc) is 2.54. The lowest BCUT2D eigenvalue weighted by atomic mass is 9.72. The van der Waals surface area contributed by atoms with Crippen LogP contribution in [0.3, 0.4) is 0 Å². The Morgan fingerprint density at radius 3 is 2.43 bits per heavy atom. The van der Waals surface area contributed by atoms with E-state index in [9.17, 15) is 4.79 Å². The van der Waals surface area contributed by atoms with Gasteiger partial charge in [0.15, 0.2) is 0 Å². The molecule has 0 bridgehead atoms. The summed E-state index contributed by atoms with van der Waals surface area (Å²) in [5.74, 6) is 0.203. The minimum absolute atomic E-state index is 0.203. The number of nitrogens with one attached hydrogen (secondary N) is 1. The zero-order chi connectivity index (χ0) is 16.4. The van der Waals surface area contributed by atoms with Gasteiger partial charge in [0.2, 0.25) is 5.91 Å². The van der Waals surface area contributed by atoms with Crippen LogP contribution in [0, 0.1) is 0 Å². The third kappa shape index (κ3) is 3.25. The molecular weight excluding hydrogens is 312 g/mol. The molecule has 1 aromatic rings. The average molecular weight is 337 g/mol. The highest BCUT2D eigenvalue weighted by Gasteiger charge is 2.46. The molecule has 2 fully saturated rings. The van der Waals surface area contributed by atoms with E-state index in [1.165, 1.54) is 0 Å². The summed E-state index contributed by atoms with van der Waals surface area (Å²) in [5, 5.41) is 4.17. The highest BCUT2D eigenvalue weighted by atomic mass is 35.5. The molecule has 23 heavy (non-hydrogen) atoms. The Bertz CT molecular complexity index is 562. The summed E-state index contributed by atoms with van der Waals surface area (Å²) in [6, 6.07) is 8.38. The van der Waals surface area contributed by atoms with Gasteiger partial charge in [-0.1, -0.05) is 29.8 Å². The van der Waals surface area contributed by atoms with Crippen LogP contribution in [0.4, 0.5) is 0 Å². The molecule has 0 aromatic heterocycles. The molecular formula is C18H25ClN2O2. The summed E-state index contributed by atoms with van der Waals surface area (Å²) < 4.78 is 5.54. The van der Waals surface area contributed by atoms with Gasteiger partial charge >= 0.3 is 0 Å². The second-order valence-electron chi connectivity index (χ2n) is 6.85. The van der Waals surface area contributed by atoms with Crippen LogP contribution in [0.5, 0.6) is 0 Å². The van der Waals surface area contributed by atoms with Gasteiger partial charge in [-0.15, -0.1) is 0 Å². The van der Waals surface area contributed by atoms with E-state index in [4.69, 9.17) is 16.3 Å². The Labute approximate surface area is 143 Å². The van der Waals surface area contributed by atoms with E-state index >= 15 is 0 Å². The van der Waals surface area contributed by atoms with Crippen LogP contribution >= 0.6 is 11.6 Å². The molecule has 1 aromatic carbocycles. The van der Waals surface area contributed by atoms with E-state index in [0.29, 0.717) is 43.2 Å². The SMILES string of the molecule is CC1CN(C(=O)C2(c3ccccc3Cl)CCOCC2)CC(C)N1. The van der Waals surface area contributed by atoms with Gasteiger partial charge in [-0.2, -0.15) is 0 Å². The highest BCUT2D eigenvalue weighted by Crippen LogP contribution is 2.40. The van der Waals surface area contributed by atoms with E-state index < -0.39 is 5.41 Å². The number of carbonyl (C=O) groups is 1. The summed E-state index contributed by atoms with van der Waals surface area (Å²) in [5.41, 5.74) is 0.404. The molecule has 3 rings (SSSR count). The molecule has 5 heteroatoms. The monoisotopic (exact) mass is 336 g/mol. The van der Waals surface area contributed by atoms with Gasteiger partial charge in [-0.25, -0.2) is 0 Å². The molecule has 0 aliphatic carbocycles. The third-order valence-electron chi connectivity index (χ3n) is 4.99. The molecule has 1 amide bonds. The maximum atomic E-state index is 13.5. The smallest absolute Gasteiger partial charge is 0.233 e. The molecule has 2 aliphatic rings. The molecule has 2 heterocycles. The zero-order valence-corrected chi connectivity index (χ0v) is 14.6. The van der Waals surface area contributed by atoms with Crippen molar-refractivity contribution in [2.24, 2.45) is 0 Å². The van der Waals surface area contributed by atoms with Gasteiger partial charge in [0.25, 0.3) is 0 Å². The molecule has 0 saturated carbocycles. The van der Waals surface area contributed by atoms with Crippen molar-refractivity contribution in [1.29, 1.82) is 0 Å². The number of benzene rings is 1. The second kappa shape index (κ2) is 6.80. The molecule has 126 valence electrons. The number of hydrogen-bond acceptors (Lipinski definition) is 3. The van der Waals surface area contributed by atoms with Gasteiger partial charge in [-0.3, -0.25) is 4.79 Å². The predicted octanol–water partition coefficient (Wildman–Crippen LogP) is 2.60. The van der Waals surface area contributed by atoms with Crippen molar-refractivity contribution in [3.8, 4) is 0 Å². The predicted molar refractivity (Wildman–Crippen MR) is 91.8 cm³/mol. The normalized spacial score (nSPS) is 27.7. The first kappa shape index (κ1) is 16.7. The van der Waals surface area contributed by atoms with Gasteiger partial charge in [0, 0.05) is 43.4 Å². The Hall–Kier alpha value is -1.10. The second-order valence-corrected chi connectivity index (χ2v) is 7.26. The van der Waals surface area contributed by atoms with E-state index in [-0.39, 0.29) is 5.91 Å². The largest absolute Gasteiger partial charge is 0.381 e. The summed E-state index contributed by atoms with van der Waals surface area (Å²) in [7, 11) is 0. The minimum Gasteiger partial charge on any atom is -0.381 e. The molecule has 1 N–H and O–H groups in total. The third-order valence-corrected chi connectivity index (χ3v) is 5.32. The standard InChI is InChI=1S/C18H25ClN2O2/c1-13-11-21(12-14(2)20-13)17(22)18(7-9-23-10-8-18)15-5-3-4-6-16(15)19/h3-6,13-14,20H,7-12H2,1-2H3. The fourth-order valence-electron chi connectivity index (χ4n) is 3.96. The van der Waals surface area contributed by atoms with Gasteiger partial charge in [0.1, 0.15) is 0 Å². The summed E-state index contributed by atoms with van der Waals surface area (Å²) in [4.78, 5) is 15.5. The Morgan fingerprint density at radius 2 is 1.83 bits per heavy atom. The Morgan fingerprint density at radius 1 is 1.22 bits per heavy atom. The van der Waals surface area contributed by atoms with Crippen LogP contribution < -0.4 is 5.32 Å². The number of nitrogens with zero attached hydrogens (tertiary/aromatic N) is 1. The number of hydrogen-bond donors (Lipinski definition) is 1. The van der Waals surface area contributed by atoms with Crippen LogP contribution in [0.1, 0.15) is 32.3 Å². The summed E-state index contributed by atoms with van der Waals surface area (Å²) in [6.07, 6.45) is 1.39. The van der Waals surface area contributed by atoms with E-state index in [1.54, 1.807) is 0 Å². The van der Waals surface area contributed by atoms with Crippen molar-refractivity contribution < 1.29 is 9.53 Å². The lowest BCUT2D eigenvalue weighted by molar-refractivity contribution is -0.143. The van der Waals surface area contributed by atoms with Crippen molar-refractivity contribution in [3.63, 3.8) is 0 Å². The molecule has 2 atom stereocenters. The van der Waals surface area contributed by atoms with Crippen LogP contribution in [-0.4, -0.2) is 49.2 Å². The topological polar surface area (TPSA) is 41.6 Å². The van der Waals surface area contributed by atoms with E-state index in [2.05, 4.69) is 19.2 Å². The maximum Gasteiger partial charge on any atom is 0.233 e. The Kier molecular flexibility index (Phi) is 4.95. The van der Waals surface area contributed by atoms with E-state index in [0.717, 1.165) is 18.7 Å². The molecule has 0 spiro atoms. The van der Waals surface area contributed by atoms with Crippen LogP contribution in [0.2, 0.25) is 5.02 Å². The van der Waals surface area contributed by atoms with Crippen molar-refractivity contribution in [3.05, 3.63) is 34.9 Å². The number of piperazine rings is 1. The quantitative estimate of drug-likeness (QED) is 0.902. The van der Waals surface area contributed by atoms with Gasteiger partial charge < -0.3 is 15.0 Å². The zero-order valence-electron chi connectivity index (χ0n) is 13.8. The first-order valence-corrected chi connectivity index (χ1v) is 8.79. The van der Waals surface area contributed by atoms with Crippen LogP contribution in [-0.2, 0) is 14.9 Å². The fraction of sp³-hybridized carbons (Fsp3) is 0.611. The molecule has 4 nitrogen and oxygen atoms in total. The number of ether oxygens (including phenoxy) is 1. The maximum absolute atomic E-state index is 13.5. The molecule has 2 aliphatic heterocycles. The number of halogens is 1. The molecule has 2 saturated heterocycles. The highest BCUT2D eigenvalue weighted by molar-refractivity contribution is 6.31. The summed E-state index contributed by atoms with van der Waals surface area (Å²) in [6.45, 7) is 6.96. The number of rotatable bonds is 2.